The Morgan fingerprint density at radius 1 is 1.06 bits per heavy atom. The highest BCUT2D eigenvalue weighted by molar-refractivity contribution is 5.91. The predicted molar refractivity (Wildman–Crippen MR) is 124 cm³/mol. The smallest absolute Gasteiger partial charge is 0.331 e. The average Bonchev–Trinajstić information content (AvgIpc) is 2.74. The lowest BCUT2D eigenvalue weighted by atomic mass is 10.0. The maximum absolute atomic E-state index is 13.2. The largest absolute Gasteiger partial charge is 0.350 e. The van der Waals surface area contributed by atoms with E-state index in [1.807, 2.05) is 13.0 Å². The van der Waals surface area contributed by atoms with Crippen LogP contribution in [0.5, 0.6) is 0 Å². The Labute approximate surface area is 193 Å². The summed E-state index contributed by atoms with van der Waals surface area (Å²) in [5.41, 5.74) is 5.62. The van der Waals surface area contributed by atoms with E-state index < -0.39 is 18.2 Å². The molecule has 4 amide bonds. The fourth-order valence-corrected chi connectivity index (χ4v) is 4.22. The van der Waals surface area contributed by atoms with Crippen LogP contribution >= 0.6 is 0 Å². The van der Waals surface area contributed by atoms with Crippen molar-refractivity contribution in [3.8, 4) is 6.07 Å². The van der Waals surface area contributed by atoms with Gasteiger partial charge in [0.15, 0.2) is 0 Å². The fraction of sp³-hybridized carbons (Fsp3) is 0.826. The Morgan fingerprint density at radius 3 is 2.25 bits per heavy atom. The number of unbranched alkanes of at least 4 members (excludes halogenated alkanes) is 5. The molecular formula is C23H42N6O3. The predicted octanol–water partition coefficient (Wildman–Crippen LogP) is 3.06. The van der Waals surface area contributed by atoms with Crippen molar-refractivity contribution in [1.29, 1.82) is 5.26 Å². The maximum Gasteiger partial charge on any atom is 0.331 e. The molecule has 2 aliphatic rings. The van der Waals surface area contributed by atoms with Gasteiger partial charge in [-0.1, -0.05) is 72.6 Å². The number of hydrogen-bond acceptors (Lipinski definition) is 5. The van der Waals surface area contributed by atoms with Crippen LogP contribution in [0.25, 0.3) is 0 Å². The monoisotopic (exact) mass is 450 g/mol. The van der Waals surface area contributed by atoms with Crippen LogP contribution in [0, 0.1) is 11.3 Å². The van der Waals surface area contributed by atoms with Crippen molar-refractivity contribution in [3.63, 3.8) is 0 Å². The molecule has 182 valence electrons. The van der Waals surface area contributed by atoms with Gasteiger partial charge in [0.1, 0.15) is 18.8 Å². The summed E-state index contributed by atoms with van der Waals surface area (Å²) in [6.07, 6.45) is 8.29. The minimum absolute atomic E-state index is 0.0447. The lowest BCUT2D eigenvalue weighted by Crippen LogP contribution is -2.76. The Kier molecular flexibility index (Phi) is 12.7. The molecule has 9 heteroatoms. The molecule has 2 aliphatic heterocycles. The SMILES string of the molecule is CCC.CCCCCCCN1CC2N(C(=O)CN(CC#N)N2C(N)=O)[C@@H](CCCC)C1=O. The summed E-state index contributed by atoms with van der Waals surface area (Å²) < 4.78 is 0. The molecule has 32 heavy (non-hydrogen) atoms. The number of hydrogen-bond donors (Lipinski definition) is 1. The second-order valence-electron chi connectivity index (χ2n) is 8.51. The molecule has 0 aromatic carbocycles. The molecule has 9 nitrogen and oxygen atoms in total. The van der Waals surface area contributed by atoms with E-state index in [4.69, 9.17) is 11.0 Å². The van der Waals surface area contributed by atoms with E-state index in [0.29, 0.717) is 13.0 Å². The highest BCUT2D eigenvalue weighted by Crippen LogP contribution is 2.28. The molecule has 2 heterocycles. The first kappa shape index (κ1) is 27.7. The van der Waals surface area contributed by atoms with Crippen molar-refractivity contribution in [3.05, 3.63) is 0 Å². The van der Waals surface area contributed by atoms with Gasteiger partial charge >= 0.3 is 6.03 Å². The third kappa shape index (κ3) is 7.37. The minimum atomic E-state index is -0.714. The van der Waals surface area contributed by atoms with Crippen molar-refractivity contribution >= 4 is 17.8 Å². The number of amides is 4. The van der Waals surface area contributed by atoms with Gasteiger partial charge in [0.05, 0.1) is 19.2 Å². The quantitative estimate of drug-likeness (QED) is 0.406. The second kappa shape index (κ2) is 14.7. The molecule has 0 aromatic rings. The van der Waals surface area contributed by atoms with Crippen LogP contribution in [0.1, 0.15) is 85.5 Å². The number of piperazine rings is 1. The summed E-state index contributed by atoms with van der Waals surface area (Å²) in [4.78, 5) is 41.5. The molecular weight excluding hydrogens is 408 g/mol. The summed E-state index contributed by atoms with van der Waals surface area (Å²) in [7, 11) is 0. The summed E-state index contributed by atoms with van der Waals surface area (Å²) >= 11 is 0. The van der Waals surface area contributed by atoms with Crippen molar-refractivity contribution in [2.45, 2.75) is 97.7 Å². The van der Waals surface area contributed by atoms with Crippen molar-refractivity contribution < 1.29 is 14.4 Å². The van der Waals surface area contributed by atoms with Gasteiger partial charge < -0.3 is 15.5 Å². The van der Waals surface area contributed by atoms with Crippen LogP contribution in [-0.4, -0.2) is 76.0 Å². The third-order valence-corrected chi connectivity index (χ3v) is 5.67. The third-order valence-electron chi connectivity index (χ3n) is 5.67. The Hall–Kier alpha value is -2.34. The summed E-state index contributed by atoms with van der Waals surface area (Å²) in [6, 6.07) is 0.689. The van der Waals surface area contributed by atoms with Gasteiger partial charge in [0.25, 0.3) is 0 Å². The second-order valence-corrected chi connectivity index (χ2v) is 8.51. The molecule has 0 radical (unpaired) electrons. The van der Waals surface area contributed by atoms with Crippen molar-refractivity contribution in [2.24, 2.45) is 5.73 Å². The fourth-order valence-electron chi connectivity index (χ4n) is 4.22. The number of fused-ring (bicyclic) bond motifs is 1. The number of carbonyl (C=O) groups excluding carboxylic acids is 3. The highest BCUT2D eigenvalue weighted by Gasteiger charge is 2.50. The number of nitrogens with zero attached hydrogens (tertiary/aromatic N) is 5. The standard InChI is InChI=1S/C20H34N6O3.C3H8/c1-3-5-7-8-9-12-23-14-17-25(16(19(23)28)10-6-4-2)18(27)15-24(13-11-21)26(17)20(22)29;1-3-2/h16-17H,3-10,12-15H2,1-2H3,(H2,22,29);3H2,1-2H3/t16-,17?;/m0./s1. The Bertz CT molecular complexity index is 650. The summed E-state index contributed by atoms with van der Waals surface area (Å²) in [5, 5.41) is 11.8. The number of carbonyl (C=O) groups is 3. The number of hydrazine groups is 1. The topological polar surface area (TPSA) is 114 Å². The van der Waals surface area contributed by atoms with Gasteiger partial charge in [-0.25, -0.2) is 9.80 Å². The van der Waals surface area contributed by atoms with E-state index in [2.05, 4.69) is 20.8 Å². The van der Waals surface area contributed by atoms with Gasteiger partial charge in [-0.2, -0.15) is 10.3 Å². The molecule has 2 fully saturated rings. The van der Waals surface area contributed by atoms with Crippen LogP contribution in [0.2, 0.25) is 0 Å². The van der Waals surface area contributed by atoms with Crippen LogP contribution in [0.4, 0.5) is 4.79 Å². The summed E-state index contributed by atoms with van der Waals surface area (Å²) in [6.45, 7) is 9.05. The van der Waals surface area contributed by atoms with E-state index >= 15 is 0 Å². The molecule has 1 unspecified atom stereocenters. The molecule has 0 aromatic heterocycles. The minimum Gasteiger partial charge on any atom is -0.350 e. The summed E-state index contributed by atoms with van der Waals surface area (Å²) in [5.74, 6) is -0.281. The van der Waals surface area contributed by atoms with E-state index in [1.54, 1.807) is 4.90 Å². The molecule has 2 saturated heterocycles. The first-order valence-electron chi connectivity index (χ1n) is 12.2. The number of rotatable bonds is 10. The van der Waals surface area contributed by atoms with E-state index in [0.717, 1.165) is 38.5 Å². The van der Waals surface area contributed by atoms with Crippen molar-refractivity contribution in [1.82, 2.24) is 19.8 Å². The molecule has 0 aliphatic carbocycles. The van der Waals surface area contributed by atoms with Gasteiger partial charge in [-0.05, 0) is 12.8 Å². The van der Waals surface area contributed by atoms with Gasteiger partial charge in [0.2, 0.25) is 11.8 Å². The molecule has 2 rings (SSSR count). The van der Waals surface area contributed by atoms with Crippen LogP contribution in [-0.2, 0) is 9.59 Å². The molecule has 2 N–H and O–H groups in total. The molecule has 0 spiro atoms. The lowest BCUT2D eigenvalue weighted by molar-refractivity contribution is -0.188. The van der Waals surface area contributed by atoms with Gasteiger partial charge in [0, 0.05) is 6.54 Å². The van der Waals surface area contributed by atoms with Gasteiger partial charge in [-0.3, -0.25) is 9.59 Å². The molecule has 0 saturated carbocycles. The average molecular weight is 451 g/mol. The number of urea groups is 1. The first-order valence-corrected chi connectivity index (χ1v) is 12.2. The van der Waals surface area contributed by atoms with E-state index in [-0.39, 0.29) is 31.4 Å². The number of nitrogens with two attached hydrogens (primary N) is 1. The van der Waals surface area contributed by atoms with E-state index in [9.17, 15) is 14.4 Å². The number of primary amides is 1. The van der Waals surface area contributed by atoms with E-state index in [1.165, 1.54) is 27.8 Å². The van der Waals surface area contributed by atoms with Crippen LogP contribution in [0.3, 0.4) is 0 Å². The lowest BCUT2D eigenvalue weighted by Gasteiger charge is -2.54. The van der Waals surface area contributed by atoms with Crippen LogP contribution < -0.4 is 5.73 Å². The zero-order valence-corrected chi connectivity index (χ0v) is 20.4. The number of nitriles is 1. The first-order chi connectivity index (χ1) is 15.4. The molecule has 2 atom stereocenters. The van der Waals surface area contributed by atoms with Crippen LogP contribution in [0.15, 0.2) is 0 Å². The zero-order valence-electron chi connectivity index (χ0n) is 20.4. The Morgan fingerprint density at radius 2 is 1.69 bits per heavy atom. The highest BCUT2D eigenvalue weighted by atomic mass is 16.2. The normalized spacial score (nSPS) is 21.0. The van der Waals surface area contributed by atoms with Gasteiger partial charge in [-0.15, -0.1) is 0 Å². The molecule has 0 bridgehead atoms. The Balaban J connectivity index is 0.00000161. The van der Waals surface area contributed by atoms with Crippen molar-refractivity contribution in [2.75, 3.05) is 26.2 Å². The maximum atomic E-state index is 13.2. The zero-order chi connectivity index (χ0) is 24.1.